The average Bonchev–Trinajstić information content (AvgIpc) is 2.34. The van der Waals surface area contributed by atoms with Gasteiger partial charge in [-0.05, 0) is 42.3 Å². The monoisotopic (exact) mass is 228 g/mol. The van der Waals surface area contributed by atoms with Crippen LogP contribution in [0.5, 0.6) is 0 Å². The van der Waals surface area contributed by atoms with Crippen LogP contribution in [0.15, 0.2) is 53.6 Å². The van der Waals surface area contributed by atoms with Gasteiger partial charge in [0.15, 0.2) is 0 Å². The van der Waals surface area contributed by atoms with E-state index in [-0.39, 0.29) is 5.82 Å². The molecule has 0 heterocycles. The van der Waals surface area contributed by atoms with Gasteiger partial charge in [0.25, 0.3) is 0 Å². The molecule has 0 fully saturated rings. The maximum Gasteiger partial charge on any atom is 0.123 e. The first-order valence-electron chi connectivity index (χ1n) is 5.36. The summed E-state index contributed by atoms with van der Waals surface area (Å²) in [6.07, 6.45) is 1.75. The second-order valence-electron chi connectivity index (χ2n) is 3.73. The number of benzene rings is 2. The van der Waals surface area contributed by atoms with Crippen LogP contribution in [0, 0.1) is 12.7 Å². The molecule has 0 amide bonds. The number of nitrogens with zero attached hydrogens (tertiary/aromatic N) is 1. The molecule has 0 aliphatic carbocycles. The molecule has 2 aromatic rings. The molecule has 0 saturated carbocycles. The van der Waals surface area contributed by atoms with E-state index in [9.17, 15) is 4.39 Å². The van der Waals surface area contributed by atoms with Gasteiger partial charge >= 0.3 is 0 Å². The van der Waals surface area contributed by atoms with Crippen molar-refractivity contribution in [3.8, 4) is 0 Å². The summed E-state index contributed by atoms with van der Waals surface area (Å²) >= 11 is 0. The minimum absolute atomic E-state index is 0.251. The first-order valence-corrected chi connectivity index (χ1v) is 5.36. The zero-order valence-electron chi connectivity index (χ0n) is 9.52. The van der Waals surface area contributed by atoms with E-state index in [4.69, 9.17) is 0 Å². The standard InChI is InChI=1S/C14H13FN2/c1-11-4-2-3-5-12(11)10-16-17-14-8-6-13(15)7-9-14/h2-10,17H,1H3/b16-10+. The Hall–Kier alpha value is -2.16. The highest BCUT2D eigenvalue weighted by Crippen LogP contribution is 2.08. The maximum atomic E-state index is 12.7. The number of aryl methyl sites for hydroxylation is 1. The van der Waals surface area contributed by atoms with Crippen LogP contribution < -0.4 is 5.43 Å². The second kappa shape index (κ2) is 5.25. The summed E-state index contributed by atoms with van der Waals surface area (Å²) in [5.74, 6) is -0.251. The molecule has 0 aliphatic rings. The summed E-state index contributed by atoms with van der Waals surface area (Å²) in [5, 5.41) is 4.10. The second-order valence-corrected chi connectivity index (χ2v) is 3.73. The van der Waals surface area contributed by atoms with Crippen LogP contribution in [-0.2, 0) is 0 Å². The highest BCUT2D eigenvalue weighted by molar-refractivity contribution is 5.82. The molecule has 0 radical (unpaired) electrons. The SMILES string of the molecule is Cc1ccccc1/C=N/Nc1ccc(F)cc1. The van der Waals surface area contributed by atoms with Crippen LogP contribution in [0.1, 0.15) is 11.1 Å². The van der Waals surface area contributed by atoms with Crippen LogP contribution in [0.25, 0.3) is 0 Å². The van der Waals surface area contributed by atoms with E-state index < -0.39 is 0 Å². The molecule has 0 spiro atoms. The lowest BCUT2D eigenvalue weighted by molar-refractivity contribution is 0.628. The molecule has 2 nitrogen and oxygen atoms in total. The van der Waals surface area contributed by atoms with Gasteiger partial charge in [-0.3, -0.25) is 5.43 Å². The predicted molar refractivity (Wildman–Crippen MR) is 68.8 cm³/mol. The van der Waals surface area contributed by atoms with Gasteiger partial charge in [-0.2, -0.15) is 5.10 Å². The van der Waals surface area contributed by atoms with Gasteiger partial charge in [0.05, 0.1) is 11.9 Å². The fourth-order valence-corrected chi connectivity index (χ4v) is 1.43. The predicted octanol–water partition coefficient (Wildman–Crippen LogP) is 3.58. The molecule has 0 unspecified atom stereocenters. The summed E-state index contributed by atoms with van der Waals surface area (Å²) in [6, 6.07) is 14.0. The van der Waals surface area contributed by atoms with E-state index >= 15 is 0 Å². The fraction of sp³-hybridized carbons (Fsp3) is 0.0714. The number of halogens is 1. The van der Waals surface area contributed by atoms with Crippen LogP contribution >= 0.6 is 0 Å². The molecule has 86 valence electrons. The number of hydrazone groups is 1. The Labute approximate surface area is 99.8 Å². The lowest BCUT2D eigenvalue weighted by Crippen LogP contribution is -1.92. The van der Waals surface area contributed by atoms with E-state index in [1.54, 1.807) is 18.3 Å². The summed E-state index contributed by atoms with van der Waals surface area (Å²) in [4.78, 5) is 0. The Morgan fingerprint density at radius 1 is 1.06 bits per heavy atom. The van der Waals surface area contributed by atoms with Gasteiger partial charge in [0.2, 0.25) is 0 Å². The highest BCUT2D eigenvalue weighted by atomic mass is 19.1. The van der Waals surface area contributed by atoms with Crippen molar-refractivity contribution in [2.45, 2.75) is 6.92 Å². The molecule has 0 aromatic heterocycles. The smallest absolute Gasteiger partial charge is 0.123 e. The van der Waals surface area contributed by atoms with E-state index in [2.05, 4.69) is 10.5 Å². The van der Waals surface area contributed by atoms with Gasteiger partial charge in [0, 0.05) is 0 Å². The Morgan fingerprint density at radius 2 is 1.76 bits per heavy atom. The number of anilines is 1. The largest absolute Gasteiger partial charge is 0.279 e. The van der Waals surface area contributed by atoms with Crippen molar-refractivity contribution < 1.29 is 4.39 Å². The first-order chi connectivity index (χ1) is 8.25. The summed E-state index contributed by atoms with van der Waals surface area (Å²) in [5.41, 5.74) is 5.83. The molecule has 0 aliphatic heterocycles. The lowest BCUT2D eigenvalue weighted by Gasteiger charge is -2.00. The molecule has 0 saturated heterocycles. The van der Waals surface area contributed by atoms with E-state index in [1.807, 2.05) is 31.2 Å². The van der Waals surface area contributed by atoms with Crippen molar-refractivity contribution in [3.63, 3.8) is 0 Å². The minimum atomic E-state index is -0.251. The van der Waals surface area contributed by atoms with Crippen molar-refractivity contribution in [1.29, 1.82) is 0 Å². The molecule has 2 aromatic carbocycles. The van der Waals surface area contributed by atoms with E-state index in [0.717, 1.165) is 16.8 Å². The molecule has 2 rings (SSSR count). The fourth-order valence-electron chi connectivity index (χ4n) is 1.43. The highest BCUT2D eigenvalue weighted by Gasteiger charge is 1.92. The van der Waals surface area contributed by atoms with Crippen LogP contribution in [0.2, 0.25) is 0 Å². The number of hydrogen-bond acceptors (Lipinski definition) is 2. The Morgan fingerprint density at radius 3 is 2.47 bits per heavy atom. The Balaban J connectivity index is 2.03. The summed E-state index contributed by atoms with van der Waals surface area (Å²) in [6.45, 7) is 2.03. The van der Waals surface area contributed by atoms with Gasteiger partial charge < -0.3 is 0 Å². The van der Waals surface area contributed by atoms with Crippen molar-refractivity contribution in [2.24, 2.45) is 5.10 Å². The van der Waals surface area contributed by atoms with Gasteiger partial charge in [0.1, 0.15) is 5.82 Å². The van der Waals surface area contributed by atoms with Crippen molar-refractivity contribution >= 4 is 11.9 Å². The van der Waals surface area contributed by atoms with E-state index in [0.29, 0.717) is 0 Å². The summed E-state index contributed by atoms with van der Waals surface area (Å²) < 4.78 is 12.7. The number of hydrogen-bond donors (Lipinski definition) is 1. The molecule has 0 bridgehead atoms. The molecule has 0 atom stereocenters. The van der Waals surface area contributed by atoms with E-state index in [1.165, 1.54) is 12.1 Å². The van der Waals surface area contributed by atoms with Gasteiger partial charge in [-0.15, -0.1) is 0 Å². The van der Waals surface area contributed by atoms with Crippen molar-refractivity contribution in [1.82, 2.24) is 0 Å². The minimum Gasteiger partial charge on any atom is -0.279 e. The third kappa shape index (κ3) is 3.14. The zero-order chi connectivity index (χ0) is 12.1. The Bertz CT molecular complexity index is 518. The quantitative estimate of drug-likeness (QED) is 0.630. The lowest BCUT2D eigenvalue weighted by atomic mass is 10.1. The van der Waals surface area contributed by atoms with Crippen molar-refractivity contribution in [3.05, 3.63) is 65.5 Å². The van der Waals surface area contributed by atoms with Crippen LogP contribution in [-0.4, -0.2) is 6.21 Å². The molecular weight excluding hydrogens is 215 g/mol. The molecule has 3 heteroatoms. The van der Waals surface area contributed by atoms with Crippen molar-refractivity contribution in [2.75, 3.05) is 5.43 Å². The topological polar surface area (TPSA) is 24.4 Å². The maximum absolute atomic E-state index is 12.7. The molecule has 17 heavy (non-hydrogen) atoms. The van der Waals surface area contributed by atoms with Gasteiger partial charge in [-0.25, -0.2) is 4.39 Å². The normalized spacial score (nSPS) is 10.7. The number of nitrogens with one attached hydrogen (secondary N) is 1. The number of rotatable bonds is 3. The average molecular weight is 228 g/mol. The molecular formula is C14H13FN2. The first kappa shape index (κ1) is 11.3. The van der Waals surface area contributed by atoms with Crippen LogP contribution in [0.4, 0.5) is 10.1 Å². The Kier molecular flexibility index (Phi) is 3.50. The third-order valence-corrected chi connectivity index (χ3v) is 2.43. The van der Waals surface area contributed by atoms with Crippen LogP contribution in [0.3, 0.4) is 0 Å². The zero-order valence-corrected chi connectivity index (χ0v) is 9.52. The molecule has 1 N–H and O–H groups in total. The van der Waals surface area contributed by atoms with Gasteiger partial charge in [-0.1, -0.05) is 24.3 Å². The third-order valence-electron chi connectivity index (χ3n) is 2.43. The summed E-state index contributed by atoms with van der Waals surface area (Å²) in [7, 11) is 0.